The summed E-state index contributed by atoms with van der Waals surface area (Å²) in [7, 11) is 0. The van der Waals surface area contributed by atoms with E-state index in [4.69, 9.17) is 15.2 Å². The lowest BCUT2D eigenvalue weighted by Gasteiger charge is -2.32. The summed E-state index contributed by atoms with van der Waals surface area (Å²) in [5.74, 6) is 0.137. The molecule has 34 heavy (non-hydrogen) atoms. The molecule has 1 aliphatic rings. The maximum absolute atomic E-state index is 13.0. The Morgan fingerprint density at radius 2 is 1.76 bits per heavy atom. The van der Waals surface area contributed by atoms with E-state index in [1.807, 2.05) is 43.9 Å². The summed E-state index contributed by atoms with van der Waals surface area (Å²) in [6.45, 7) is 7.51. The number of primary amides is 1. The molecule has 3 amide bonds. The standard InChI is InChI=1S/C26H33N3O5/c1-26(2,3)34-25(32)28-16-18-11-13-29(14-12-18)24(31)20-8-6-7-19(15-20)17-33-22-10-5-4-9-21(22)23(27)30/h4-10,15,18H,11-14,16-17H2,1-3H3,(H2,27,30)(H,28,32). The quantitative estimate of drug-likeness (QED) is 0.644. The van der Waals surface area contributed by atoms with Crippen LogP contribution >= 0.6 is 0 Å². The Hall–Kier alpha value is -3.55. The van der Waals surface area contributed by atoms with Crippen LogP contribution in [0.1, 0.15) is 59.9 Å². The lowest BCUT2D eigenvalue weighted by atomic mass is 9.96. The molecule has 2 aromatic rings. The summed E-state index contributed by atoms with van der Waals surface area (Å²) in [5.41, 5.74) is 6.61. The van der Waals surface area contributed by atoms with Gasteiger partial charge in [0.2, 0.25) is 0 Å². The predicted octanol–water partition coefficient (Wildman–Crippen LogP) is 3.74. The number of amides is 3. The van der Waals surface area contributed by atoms with Crippen LogP contribution in [0.5, 0.6) is 5.75 Å². The first kappa shape index (κ1) is 25.1. The van der Waals surface area contributed by atoms with Crippen LogP contribution in [0.25, 0.3) is 0 Å². The van der Waals surface area contributed by atoms with Gasteiger partial charge in [0.05, 0.1) is 5.56 Å². The second-order valence-electron chi connectivity index (χ2n) is 9.47. The Morgan fingerprint density at radius 3 is 2.44 bits per heavy atom. The maximum atomic E-state index is 13.0. The highest BCUT2D eigenvalue weighted by molar-refractivity contribution is 5.95. The van der Waals surface area contributed by atoms with Gasteiger partial charge in [-0.15, -0.1) is 0 Å². The molecule has 1 fully saturated rings. The molecule has 0 radical (unpaired) electrons. The second-order valence-corrected chi connectivity index (χ2v) is 9.47. The van der Waals surface area contributed by atoms with Crippen LogP contribution < -0.4 is 15.8 Å². The maximum Gasteiger partial charge on any atom is 0.407 e. The summed E-state index contributed by atoms with van der Waals surface area (Å²) < 4.78 is 11.1. The number of nitrogens with two attached hydrogens (primary N) is 1. The topological polar surface area (TPSA) is 111 Å². The molecule has 0 bridgehead atoms. The molecular formula is C26H33N3O5. The van der Waals surface area contributed by atoms with Gasteiger partial charge in [0.15, 0.2) is 0 Å². The van der Waals surface area contributed by atoms with Crippen LogP contribution in [0.4, 0.5) is 4.79 Å². The average Bonchev–Trinajstić information content (AvgIpc) is 2.80. The lowest BCUT2D eigenvalue weighted by molar-refractivity contribution is 0.0500. The Bertz CT molecular complexity index is 1020. The zero-order valence-electron chi connectivity index (χ0n) is 20.0. The first-order valence-electron chi connectivity index (χ1n) is 11.5. The van der Waals surface area contributed by atoms with Crippen LogP contribution in [0.3, 0.4) is 0 Å². The summed E-state index contributed by atoms with van der Waals surface area (Å²) in [5, 5.41) is 2.82. The van der Waals surface area contributed by atoms with Crippen LogP contribution in [0.2, 0.25) is 0 Å². The van der Waals surface area contributed by atoms with E-state index in [-0.39, 0.29) is 12.5 Å². The minimum absolute atomic E-state index is 0.0297. The number of carbonyl (C=O) groups excluding carboxylic acids is 3. The SMILES string of the molecule is CC(C)(C)OC(=O)NCC1CCN(C(=O)c2cccc(COc3ccccc3C(N)=O)c2)CC1. The summed E-state index contributed by atoms with van der Waals surface area (Å²) in [6.07, 6.45) is 1.21. The number of rotatable bonds is 7. The Kier molecular flexibility index (Phi) is 8.15. The molecule has 2 aromatic carbocycles. The molecule has 0 aromatic heterocycles. The first-order chi connectivity index (χ1) is 16.1. The van der Waals surface area contributed by atoms with E-state index in [1.54, 1.807) is 30.3 Å². The van der Waals surface area contributed by atoms with Crippen molar-refractivity contribution in [2.75, 3.05) is 19.6 Å². The fourth-order valence-corrected chi connectivity index (χ4v) is 3.82. The van der Waals surface area contributed by atoms with Crippen molar-refractivity contribution in [3.63, 3.8) is 0 Å². The van der Waals surface area contributed by atoms with Gasteiger partial charge in [-0.05, 0) is 69.4 Å². The normalized spacial score (nSPS) is 14.4. The van der Waals surface area contributed by atoms with Gasteiger partial charge in [-0.1, -0.05) is 24.3 Å². The van der Waals surface area contributed by atoms with Crippen LogP contribution in [0, 0.1) is 5.92 Å². The zero-order valence-corrected chi connectivity index (χ0v) is 20.0. The van der Waals surface area contributed by atoms with E-state index >= 15 is 0 Å². The Labute approximate surface area is 200 Å². The number of benzene rings is 2. The van der Waals surface area contributed by atoms with Crippen molar-refractivity contribution in [1.82, 2.24) is 10.2 Å². The molecule has 1 saturated heterocycles. The van der Waals surface area contributed by atoms with E-state index in [9.17, 15) is 14.4 Å². The van der Waals surface area contributed by atoms with Crippen molar-refractivity contribution in [2.24, 2.45) is 11.7 Å². The lowest BCUT2D eigenvalue weighted by Crippen LogP contribution is -2.42. The first-order valence-corrected chi connectivity index (χ1v) is 11.5. The number of nitrogens with zero attached hydrogens (tertiary/aromatic N) is 1. The molecule has 1 aliphatic heterocycles. The molecule has 8 nitrogen and oxygen atoms in total. The molecule has 3 rings (SSSR count). The number of hydrogen-bond acceptors (Lipinski definition) is 5. The fraction of sp³-hybridized carbons (Fsp3) is 0.423. The fourth-order valence-electron chi connectivity index (χ4n) is 3.82. The number of carbonyl (C=O) groups is 3. The number of ether oxygens (including phenoxy) is 2. The molecule has 0 spiro atoms. The highest BCUT2D eigenvalue weighted by Crippen LogP contribution is 2.21. The van der Waals surface area contributed by atoms with Gasteiger partial charge in [0.1, 0.15) is 18.0 Å². The third-order valence-electron chi connectivity index (χ3n) is 5.56. The third-order valence-corrected chi connectivity index (χ3v) is 5.56. The summed E-state index contributed by atoms with van der Waals surface area (Å²) >= 11 is 0. The van der Waals surface area contributed by atoms with Gasteiger partial charge in [-0.3, -0.25) is 9.59 Å². The Morgan fingerprint density at radius 1 is 1.06 bits per heavy atom. The highest BCUT2D eigenvalue weighted by atomic mass is 16.6. The van der Waals surface area contributed by atoms with E-state index in [2.05, 4.69) is 5.32 Å². The third kappa shape index (κ3) is 7.23. The number of para-hydroxylation sites is 1. The van der Waals surface area contributed by atoms with E-state index in [1.165, 1.54) is 0 Å². The Balaban J connectivity index is 1.51. The molecular weight excluding hydrogens is 434 g/mol. The second kappa shape index (κ2) is 11.0. The highest BCUT2D eigenvalue weighted by Gasteiger charge is 2.25. The van der Waals surface area contributed by atoms with Gasteiger partial charge < -0.3 is 25.4 Å². The average molecular weight is 468 g/mol. The van der Waals surface area contributed by atoms with Gasteiger partial charge in [0.25, 0.3) is 11.8 Å². The molecule has 0 unspecified atom stereocenters. The van der Waals surface area contributed by atoms with Gasteiger partial charge in [-0.2, -0.15) is 0 Å². The zero-order chi connectivity index (χ0) is 24.7. The van der Waals surface area contributed by atoms with Crippen molar-refractivity contribution >= 4 is 17.9 Å². The monoisotopic (exact) mass is 467 g/mol. The predicted molar refractivity (Wildman–Crippen MR) is 129 cm³/mol. The molecule has 0 aliphatic carbocycles. The van der Waals surface area contributed by atoms with E-state index in [0.29, 0.717) is 42.4 Å². The van der Waals surface area contributed by atoms with Crippen molar-refractivity contribution in [3.05, 3.63) is 65.2 Å². The van der Waals surface area contributed by atoms with Crippen LogP contribution in [-0.4, -0.2) is 48.0 Å². The molecule has 0 saturated carbocycles. The smallest absolute Gasteiger partial charge is 0.407 e. The number of nitrogens with one attached hydrogen (secondary N) is 1. The largest absolute Gasteiger partial charge is 0.488 e. The van der Waals surface area contributed by atoms with Gasteiger partial charge in [0, 0.05) is 25.2 Å². The van der Waals surface area contributed by atoms with Gasteiger partial charge in [-0.25, -0.2) is 4.79 Å². The molecule has 1 heterocycles. The number of likely N-dealkylation sites (tertiary alicyclic amines) is 1. The summed E-state index contributed by atoms with van der Waals surface area (Å²) in [4.78, 5) is 38.3. The van der Waals surface area contributed by atoms with E-state index in [0.717, 1.165) is 18.4 Å². The van der Waals surface area contributed by atoms with E-state index < -0.39 is 17.6 Å². The van der Waals surface area contributed by atoms with Crippen molar-refractivity contribution in [2.45, 2.75) is 45.8 Å². The van der Waals surface area contributed by atoms with Crippen molar-refractivity contribution in [3.8, 4) is 5.75 Å². The molecule has 182 valence electrons. The van der Waals surface area contributed by atoms with Crippen LogP contribution in [0.15, 0.2) is 48.5 Å². The minimum atomic E-state index is -0.552. The number of hydrogen-bond donors (Lipinski definition) is 2. The number of alkyl carbamates (subject to hydrolysis) is 1. The molecule has 0 atom stereocenters. The van der Waals surface area contributed by atoms with Gasteiger partial charge >= 0.3 is 6.09 Å². The molecule has 3 N–H and O–H groups in total. The summed E-state index contributed by atoms with van der Waals surface area (Å²) in [6, 6.07) is 14.1. The van der Waals surface area contributed by atoms with Crippen LogP contribution in [-0.2, 0) is 11.3 Å². The number of piperidine rings is 1. The van der Waals surface area contributed by atoms with Crippen molar-refractivity contribution in [1.29, 1.82) is 0 Å². The minimum Gasteiger partial charge on any atom is -0.488 e. The van der Waals surface area contributed by atoms with Crippen molar-refractivity contribution < 1.29 is 23.9 Å². The molecule has 8 heteroatoms.